The van der Waals surface area contributed by atoms with Crippen LogP contribution in [-0.2, 0) is 11.2 Å². The molecule has 2 rings (SSSR count). The van der Waals surface area contributed by atoms with Gasteiger partial charge in [0.1, 0.15) is 5.75 Å². The highest BCUT2D eigenvalue weighted by Gasteiger charge is 2.16. The van der Waals surface area contributed by atoms with Crippen molar-refractivity contribution in [1.29, 1.82) is 0 Å². The first-order chi connectivity index (χ1) is 10.2. The molecule has 0 amide bonds. The van der Waals surface area contributed by atoms with Gasteiger partial charge in [-0.25, -0.2) is 4.79 Å². The molecule has 21 heavy (non-hydrogen) atoms. The monoisotopic (exact) mass is 285 g/mol. The van der Waals surface area contributed by atoms with Crippen LogP contribution in [0.15, 0.2) is 42.6 Å². The number of benzene rings is 1. The Labute approximate surface area is 122 Å². The summed E-state index contributed by atoms with van der Waals surface area (Å²) >= 11 is 0. The maximum absolute atomic E-state index is 12.2. The van der Waals surface area contributed by atoms with Crippen LogP contribution in [0.4, 0.5) is 0 Å². The molecule has 0 aliphatic heterocycles. The Hall–Kier alpha value is -2.69. The fourth-order valence-corrected chi connectivity index (χ4v) is 1.91. The second-order valence-electron chi connectivity index (χ2n) is 4.32. The van der Waals surface area contributed by atoms with Gasteiger partial charge in [0.2, 0.25) is 0 Å². The molecule has 108 valence electrons. The first-order valence-corrected chi connectivity index (χ1v) is 6.35. The highest BCUT2D eigenvalue weighted by molar-refractivity contribution is 5.99. The van der Waals surface area contributed by atoms with Gasteiger partial charge in [-0.1, -0.05) is 0 Å². The lowest BCUT2D eigenvalue weighted by molar-refractivity contribution is 0.0599. The second kappa shape index (κ2) is 6.65. The molecule has 5 heteroatoms. The second-order valence-corrected chi connectivity index (χ2v) is 4.32. The molecule has 0 saturated carbocycles. The van der Waals surface area contributed by atoms with E-state index < -0.39 is 5.97 Å². The quantitative estimate of drug-likeness (QED) is 0.623. The van der Waals surface area contributed by atoms with Gasteiger partial charge in [0.15, 0.2) is 5.78 Å². The average molecular weight is 285 g/mol. The zero-order valence-corrected chi connectivity index (χ0v) is 11.8. The van der Waals surface area contributed by atoms with Crippen LogP contribution in [0.3, 0.4) is 0 Å². The minimum Gasteiger partial charge on any atom is -0.497 e. The van der Waals surface area contributed by atoms with E-state index in [9.17, 15) is 9.59 Å². The maximum Gasteiger partial charge on any atom is 0.339 e. The van der Waals surface area contributed by atoms with Gasteiger partial charge < -0.3 is 9.47 Å². The van der Waals surface area contributed by atoms with Gasteiger partial charge >= 0.3 is 5.97 Å². The molecule has 5 nitrogen and oxygen atoms in total. The highest BCUT2D eigenvalue weighted by Crippen LogP contribution is 2.15. The minimum absolute atomic E-state index is 0.0393. The molecule has 0 fully saturated rings. The number of hydrogen-bond donors (Lipinski definition) is 0. The molecule has 0 saturated heterocycles. The topological polar surface area (TPSA) is 65.5 Å². The first-order valence-electron chi connectivity index (χ1n) is 6.35. The van der Waals surface area contributed by atoms with Gasteiger partial charge in [-0.15, -0.1) is 0 Å². The lowest BCUT2D eigenvalue weighted by atomic mass is 10.0. The number of Topliss-reactive ketones (excluding diaryl/α,β-unsaturated/α-hetero) is 1. The summed E-state index contributed by atoms with van der Waals surface area (Å²) in [5, 5.41) is 0. The summed E-state index contributed by atoms with van der Waals surface area (Å²) in [6.07, 6.45) is 1.58. The van der Waals surface area contributed by atoms with Crippen LogP contribution in [-0.4, -0.2) is 31.0 Å². The number of carbonyl (C=O) groups excluding carboxylic acids is 2. The van der Waals surface area contributed by atoms with E-state index in [1.807, 2.05) is 0 Å². The number of carbonyl (C=O) groups is 2. The van der Waals surface area contributed by atoms with Gasteiger partial charge in [0, 0.05) is 11.8 Å². The van der Waals surface area contributed by atoms with E-state index in [1.54, 1.807) is 49.7 Å². The third-order valence-corrected chi connectivity index (χ3v) is 3.04. The van der Waals surface area contributed by atoms with Gasteiger partial charge in [0.05, 0.1) is 31.9 Å². The van der Waals surface area contributed by atoms with Crippen LogP contribution in [0, 0.1) is 0 Å². The number of hydrogen-bond acceptors (Lipinski definition) is 5. The molecule has 2 aromatic rings. The summed E-state index contributed by atoms with van der Waals surface area (Å²) in [6.45, 7) is 0. The van der Waals surface area contributed by atoms with Crippen molar-refractivity contribution in [1.82, 2.24) is 4.98 Å². The summed E-state index contributed by atoms with van der Waals surface area (Å²) in [4.78, 5) is 28.0. The van der Waals surface area contributed by atoms with Crippen LogP contribution >= 0.6 is 0 Å². The summed E-state index contributed by atoms with van der Waals surface area (Å²) in [5.74, 6) is 0.0572. The number of aromatic nitrogens is 1. The number of rotatable bonds is 5. The molecule has 1 aromatic heterocycles. The number of ether oxygens (including phenoxy) is 2. The molecule has 0 unspecified atom stereocenters. The van der Waals surface area contributed by atoms with Crippen molar-refractivity contribution in [2.45, 2.75) is 6.42 Å². The van der Waals surface area contributed by atoms with Crippen molar-refractivity contribution in [2.24, 2.45) is 0 Å². The Kier molecular flexibility index (Phi) is 4.66. The van der Waals surface area contributed by atoms with Crippen LogP contribution in [0.5, 0.6) is 5.75 Å². The van der Waals surface area contributed by atoms with Crippen molar-refractivity contribution in [3.63, 3.8) is 0 Å². The molecular formula is C16H15NO4. The molecule has 1 aromatic carbocycles. The maximum atomic E-state index is 12.2. The first kappa shape index (κ1) is 14.7. The molecular weight excluding hydrogens is 270 g/mol. The van der Waals surface area contributed by atoms with E-state index in [0.29, 0.717) is 22.6 Å². The molecule has 0 atom stereocenters. The highest BCUT2D eigenvalue weighted by atomic mass is 16.5. The van der Waals surface area contributed by atoms with Gasteiger partial charge in [-0.05, 0) is 36.4 Å². The predicted molar refractivity (Wildman–Crippen MR) is 76.6 cm³/mol. The van der Waals surface area contributed by atoms with Crippen molar-refractivity contribution >= 4 is 11.8 Å². The molecule has 0 spiro atoms. The van der Waals surface area contributed by atoms with Gasteiger partial charge in [-0.2, -0.15) is 0 Å². The lowest BCUT2D eigenvalue weighted by Gasteiger charge is -2.06. The number of methoxy groups -OCH3 is 2. The Morgan fingerprint density at radius 1 is 1.10 bits per heavy atom. The van der Waals surface area contributed by atoms with E-state index in [1.165, 1.54) is 7.11 Å². The number of pyridine rings is 1. The van der Waals surface area contributed by atoms with Crippen molar-refractivity contribution in [3.8, 4) is 5.75 Å². The smallest absolute Gasteiger partial charge is 0.339 e. The third kappa shape index (κ3) is 3.45. The van der Waals surface area contributed by atoms with Gasteiger partial charge in [-0.3, -0.25) is 9.78 Å². The molecule has 1 heterocycles. The molecule has 0 N–H and O–H groups in total. The van der Waals surface area contributed by atoms with Crippen LogP contribution in [0.1, 0.15) is 26.4 Å². The molecule has 0 aliphatic carbocycles. The molecule has 0 radical (unpaired) electrons. The number of nitrogens with zero attached hydrogens (tertiary/aromatic N) is 1. The van der Waals surface area contributed by atoms with E-state index in [0.717, 1.165) is 0 Å². The summed E-state index contributed by atoms with van der Waals surface area (Å²) in [7, 11) is 2.86. The SMILES string of the molecule is COC(=O)c1cccnc1CC(=O)c1ccc(OC)cc1. The summed E-state index contributed by atoms with van der Waals surface area (Å²) < 4.78 is 9.74. The van der Waals surface area contributed by atoms with Crippen LogP contribution < -0.4 is 4.74 Å². The molecule has 0 aliphatic rings. The largest absolute Gasteiger partial charge is 0.497 e. The van der Waals surface area contributed by atoms with E-state index in [2.05, 4.69) is 9.72 Å². The van der Waals surface area contributed by atoms with Crippen LogP contribution in [0.2, 0.25) is 0 Å². The molecule has 0 bridgehead atoms. The van der Waals surface area contributed by atoms with Gasteiger partial charge in [0.25, 0.3) is 0 Å². The fourth-order valence-electron chi connectivity index (χ4n) is 1.91. The zero-order chi connectivity index (χ0) is 15.2. The number of esters is 1. The predicted octanol–water partition coefficient (Wildman–Crippen LogP) is 2.30. The summed E-state index contributed by atoms with van der Waals surface area (Å²) in [5.41, 5.74) is 1.25. The Morgan fingerprint density at radius 3 is 2.43 bits per heavy atom. The Bertz CT molecular complexity index is 650. The van der Waals surface area contributed by atoms with E-state index in [-0.39, 0.29) is 12.2 Å². The number of ketones is 1. The van der Waals surface area contributed by atoms with E-state index in [4.69, 9.17) is 4.74 Å². The Morgan fingerprint density at radius 2 is 1.81 bits per heavy atom. The third-order valence-electron chi connectivity index (χ3n) is 3.04. The minimum atomic E-state index is -0.499. The zero-order valence-electron chi connectivity index (χ0n) is 11.8. The van der Waals surface area contributed by atoms with Crippen molar-refractivity contribution < 1.29 is 19.1 Å². The van der Waals surface area contributed by atoms with Crippen LogP contribution in [0.25, 0.3) is 0 Å². The van der Waals surface area contributed by atoms with E-state index >= 15 is 0 Å². The average Bonchev–Trinajstić information content (AvgIpc) is 2.54. The fraction of sp³-hybridized carbons (Fsp3) is 0.188. The standard InChI is InChI=1S/C16H15NO4/c1-20-12-7-5-11(6-8-12)15(18)10-14-13(16(19)21-2)4-3-9-17-14/h3-9H,10H2,1-2H3. The normalized spacial score (nSPS) is 10.0. The lowest BCUT2D eigenvalue weighted by Crippen LogP contribution is -2.12. The van der Waals surface area contributed by atoms with Crippen molar-refractivity contribution in [2.75, 3.05) is 14.2 Å². The Balaban J connectivity index is 2.21. The van der Waals surface area contributed by atoms with Crippen molar-refractivity contribution in [3.05, 3.63) is 59.4 Å². The summed E-state index contributed by atoms with van der Waals surface area (Å²) in [6, 6.07) is 10.0.